The van der Waals surface area contributed by atoms with Gasteiger partial charge in [-0.3, -0.25) is 19.7 Å². The number of phenols is 1. The van der Waals surface area contributed by atoms with Gasteiger partial charge in [0.05, 0.1) is 14.7 Å². The number of hydrogen-bond acceptors (Lipinski definition) is 13. The van der Waals surface area contributed by atoms with Crippen molar-refractivity contribution in [1.29, 1.82) is 0 Å². The minimum atomic E-state index is -4.49. The van der Waals surface area contributed by atoms with Gasteiger partial charge >= 0.3 is 0 Å². The van der Waals surface area contributed by atoms with Crippen molar-refractivity contribution in [3.05, 3.63) is 117 Å². The number of carbonyl (C=O) groups is 2. The lowest BCUT2D eigenvalue weighted by Crippen LogP contribution is -2.49. The van der Waals surface area contributed by atoms with E-state index in [1.165, 1.54) is 35.6 Å². The molecule has 0 spiro atoms. The fourth-order valence-electron chi connectivity index (χ4n) is 5.28. The van der Waals surface area contributed by atoms with Gasteiger partial charge in [-0.2, -0.15) is 0 Å². The molecule has 0 saturated carbocycles. The van der Waals surface area contributed by atoms with E-state index in [1.54, 1.807) is 34.9 Å². The topological polar surface area (TPSA) is 188 Å². The molecule has 1 aliphatic heterocycles. The van der Waals surface area contributed by atoms with Crippen LogP contribution in [-0.2, 0) is 10.0 Å². The average Bonchev–Trinajstić information content (AvgIpc) is 3.64. The van der Waals surface area contributed by atoms with Gasteiger partial charge in [-0.25, -0.2) is 13.1 Å². The lowest BCUT2D eigenvalue weighted by Gasteiger charge is -2.35. The Kier molecular flexibility index (Phi) is 10.8. The molecular weight excluding hydrogens is 715 g/mol. The zero-order chi connectivity index (χ0) is 36.0. The molecule has 14 nitrogen and oxygen atoms in total. The van der Waals surface area contributed by atoms with Crippen LogP contribution in [0.15, 0.2) is 106 Å². The van der Waals surface area contributed by atoms with E-state index in [1.807, 2.05) is 57.5 Å². The third kappa shape index (κ3) is 8.62. The Labute approximate surface area is 301 Å². The molecule has 3 heterocycles. The molecule has 1 fully saturated rings. The molecule has 51 heavy (non-hydrogen) atoms. The number of anilines is 2. The van der Waals surface area contributed by atoms with Crippen LogP contribution in [0.25, 0.3) is 11.1 Å². The number of nitrogens with zero attached hydrogens (tertiary/aromatic N) is 5. The molecule has 1 saturated heterocycles. The third-order valence-electron chi connectivity index (χ3n) is 7.90. The second-order valence-corrected chi connectivity index (χ2v) is 15.0. The number of thiophene rings is 1. The first kappa shape index (κ1) is 35.3. The van der Waals surface area contributed by atoms with Crippen LogP contribution in [0.4, 0.5) is 17.2 Å². The van der Waals surface area contributed by atoms with E-state index in [0.717, 1.165) is 22.1 Å². The highest BCUT2D eigenvalue weighted by atomic mass is 32.2. The molecule has 0 aliphatic carbocycles. The van der Waals surface area contributed by atoms with Crippen LogP contribution in [0.1, 0.15) is 20.2 Å². The summed E-state index contributed by atoms with van der Waals surface area (Å²) in [6, 6.07) is 24.5. The summed E-state index contributed by atoms with van der Waals surface area (Å²) in [6.07, 6.45) is 0. The summed E-state index contributed by atoms with van der Waals surface area (Å²) in [5, 5.41) is 34.4. The maximum Gasteiger partial charge on any atom is 0.293 e. The number of nitro groups is 1. The van der Waals surface area contributed by atoms with Crippen LogP contribution in [0.3, 0.4) is 0 Å². The van der Waals surface area contributed by atoms with Crippen molar-refractivity contribution in [2.45, 2.75) is 9.79 Å². The zero-order valence-corrected chi connectivity index (χ0v) is 29.3. The Morgan fingerprint density at radius 1 is 0.922 bits per heavy atom. The maximum absolute atomic E-state index is 13.2. The molecule has 2 amide bonds. The minimum Gasteiger partial charge on any atom is -0.508 e. The second kappa shape index (κ2) is 15.6. The third-order valence-corrected chi connectivity index (χ3v) is 11.2. The number of piperazine rings is 1. The van der Waals surface area contributed by atoms with E-state index in [4.69, 9.17) is 0 Å². The Balaban J connectivity index is 1.02. The van der Waals surface area contributed by atoms with E-state index >= 15 is 0 Å². The number of benzene rings is 3. The number of aromatic nitrogens is 2. The molecule has 17 heteroatoms. The molecule has 3 N–H and O–H groups in total. The first-order valence-electron chi connectivity index (χ1n) is 15.6. The summed E-state index contributed by atoms with van der Waals surface area (Å²) < 4.78 is 28.0. The molecule has 3 aromatic carbocycles. The predicted molar refractivity (Wildman–Crippen MR) is 195 cm³/mol. The van der Waals surface area contributed by atoms with E-state index < -0.39 is 31.4 Å². The number of phenolic OH excluding ortho intramolecular Hbond substituents is 1. The second-order valence-electron chi connectivity index (χ2n) is 11.3. The number of rotatable bonds is 12. The van der Waals surface area contributed by atoms with Crippen molar-refractivity contribution < 1.29 is 28.0 Å². The Morgan fingerprint density at radius 3 is 2.41 bits per heavy atom. The highest BCUT2D eigenvalue weighted by molar-refractivity contribution is 7.99. The number of sulfonamides is 1. The van der Waals surface area contributed by atoms with Crippen LogP contribution in [0, 0.1) is 10.1 Å². The molecule has 1 aliphatic rings. The fourth-order valence-corrected chi connectivity index (χ4v) is 7.93. The molecule has 2 aromatic heterocycles. The number of hydrogen-bond donors (Lipinski definition) is 3. The van der Waals surface area contributed by atoms with Crippen LogP contribution in [-0.4, -0.2) is 83.8 Å². The van der Waals surface area contributed by atoms with E-state index in [0.29, 0.717) is 49.2 Å². The summed E-state index contributed by atoms with van der Waals surface area (Å²) in [4.78, 5) is 41.9. The Bertz CT molecular complexity index is 2160. The molecule has 0 bridgehead atoms. The van der Waals surface area contributed by atoms with Gasteiger partial charge in [-0.1, -0.05) is 30.3 Å². The molecular formula is C34H31N7O7S3. The first-order valence-corrected chi connectivity index (χ1v) is 19.0. The quantitative estimate of drug-likeness (QED) is 0.0664. The van der Waals surface area contributed by atoms with Crippen LogP contribution >= 0.6 is 23.1 Å². The minimum absolute atomic E-state index is 0.0977. The number of thioether (sulfide) groups is 1. The summed E-state index contributed by atoms with van der Waals surface area (Å²) in [6.45, 7) is 2.16. The van der Waals surface area contributed by atoms with Crippen molar-refractivity contribution >= 4 is 62.1 Å². The Hall–Kier alpha value is -5.52. The van der Waals surface area contributed by atoms with Gasteiger partial charge in [-0.05, 0) is 71.1 Å². The number of carbonyl (C=O) groups excluding carboxylic acids is 2. The molecule has 0 unspecified atom stereocenters. The molecule has 6 rings (SSSR count). The maximum atomic E-state index is 13.2. The van der Waals surface area contributed by atoms with E-state index in [2.05, 4.69) is 15.5 Å². The molecule has 262 valence electrons. The Morgan fingerprint density at radius 2 is 1.71 bits per heavy atom. The zero-order valence-electron chi connectivity index (χ0n) is 26.8. The first-order chi connectivity index (χ1) is 24.6. The van der Waals surface area contributed by atoms with Crippen molar-refractivity contribution in [1.82, 2.24) is 19.8 Å². The lowest BCUT2D eigenvalue weighted by molar-refractivity contribution is -0.384. The van der Waals surface area contributed by atoms with E-state index in [9.17, 15) is 33.2 Å². The largest absolute Gasteiger partial charge is 0.508 e. The smallest absolute Gasteiger partial charge is 0.293 e. The van der Waals surface area contributed by atoms with Crippen molar-refractivity contribution in [2.75, 3.05) is 48.7 Å². The normalized spacial score (nSPS) is 13.1. The number of nitrogens with one attached hydrogen (secondary N) is 2. The van der Waals surface area contributed by atoms with Gasteiger partial charge in [-0.15, -0.1) is 33.3 Å². The van der Waals surface area contributed by atoms with Crippen LogP contribution in [0.2, 0.25) is 0 Å². The van der Waals surface area contributed by atoms with Gasteiger partial charge in [0.15, 0.2) is 11.5 Å². The van der Waals surface area contributed by atoms with Gasteiger partial charge in [0, 0.05) is 49.4 Å². The summed E-state index contributed by atoms with van der Waals surface area (Å²) in [5.74, 6) is 0.0711. The van der Waals surface area contributed by atoms with Gasteiger partial charge in [0.25, 0.3) is 27.5 Å². The average molecular weight is 746 g/mol. The number of nitro benzene ring substituents is 1. The number of aromatic hydroxyl groups is 1. The fraction of sp³-hybridized carbons (Fsp3) is 0.176. The van der Waals surface area contributed by atoms with Gasteiger partial charge in [0.2, 0.25) is 0 Å². The van der Waals surface area contributed by atoms with Crippen LogP contribution in [0.5, 0.6) is 5.75 Å². The van der Waals surface area contributed by atoms with Crippen molar-refractivity contribution in [3.63, 3.8) is 0 Å². The predicted octanol–water partition coefficient (Wildman–Crippen LogP) is 5.10. The number of amides is 2. The van der Waals surface area contributed by atoms with Gasteiger partial charge < -0.3 is 20.2 Å². The summed E-state index contributed by atoms with van der Waals surface area (Å²) >= 11 is 2.90. The highest BCUT2D eigenvalue weighted by Gasteiger charge is 2.27. The van der Waals surface area contributed by atoms with Crippen LogP contribution < -0.4 is 14.9 Å². The standard InChI is InChI=1S/C34H31N7O7S3/c42-25-6-4-5-23(19-25)24-20-31(50-22-24)34(44)40-16-14-39(15-17-40)32-12-11-29(36-37-32)33(43)38-51(47,48)27-9-10-28(30(21-27)41(45)46)35-13-18-49-26-7-2-1-3-8-26/h1-12,19-22,35,42H,13-18H2,(H,38,43). The monoisotopic (exact) mass is 745 g/mol. The molecule has 5 aromatic rings. The van der Waals surface area contributed by atoms with Crippen molar-refractivity contribution in [2.24, 2.45) is 0 Å². The SMILES string of the molecule is O=C(NS(=O)(=O)c1ccc(NCCSc2ccccc2)c([N+](=O)[O-])c1)c1ccc(N2CCN(C(=O)c3cc(-c4cccc(O)c4)cs3)CC2)nn1. The van der Waals surface area contributed by atoms with Crippen molar-refractivity contribution in [3.8, 4) is 16.9 Å². The lowest BCUT2D eigenvalue weighted by atomic mass is 10.1. The molecule has 0 atom stereocenters. The summed E-state index contributed by atoms with van der Waals surface area (Å²) in [5.41, 5.74) is 1.10. The highest BCUT2D eigenvalue weighted by Crippen LogP contribution is 2.30. The van der Waals surface area contributed by atoms with Gasteiger partial charge in [0.1, 0.15) is 11.4 Å². The summed E-state index contributed by atoms with van der Waals surface area (Å²) in [7, 11) is -4.49. The molecule has 0 radical (unpaired) electrons. The van der Waals surface area contributed by atoms with E-state index in [-0.39, 0.29) is 23.0 Å².